The Morgan fingerprint density at radius 1 is 1.43 bits per heavy atom. The normalized spacial score (nSPS) is 11.4. The number of hydrogen-bond donors (Lipinski definition) is 2. The highest BCUT2D eigenvalue weighted by atomic mass is 31.2. The van der Waals surface area contributed by atoms with Gasteiger partial charge in [0.25, 0.3) is 0 Å². The molecule has 0 atom stereocenters. The molecule has 0 radical (unpaired) electrons. The zero-order chi connectivity index (χ0) is 10.8. The average molecular weight is 216 g/mol. The molecule has 5 heteroatoms. The Morgan fingerprint density at radius 2 is 2.07 bits per heavy atom. The van der Waals surface area contributed by atoms with Crippen LogP contribution in [0, 0.1) is 6.92 Å². The van der Waals surface area contributed by atoms with E-state index < -0.39 is 7.82 Å². The van der Waals surface area contributed by atoms with Crippen LogP contribution < -0.4 is 4.52 Å². The molecule has 0 bridgehead atoms. The van der Waals surface area contributed by atoms with Gasteiger partial charge in [0, 0.05) is 0 Å². The molecule has 1 aromatic rings. The van der Waals surface area contributed by atoms with E-state index in [1.165, 1.54) is 0 Å². The fraction of sp³-hybridized carbons (Fsp3) is 0.333. The summed E-state index contributed by atoms with van der Waals surface area (Å²) in [5.41, 5.74) is 1.80. The molecule has 78 valence electrons. The number of aryl methyl sites for hydroxylation is 1. The highest BCUT2D eigenvalue weighted by Gasteiger charge is 2.18. The van der Waals surface area contributed by atoms with Crippen LogP contribution in [-0.2, 0) is 11.0 Å². The van der Waals surface area contributed by atoms with E-state index in [9.17, 15) is 4.57 Å². The number of phosphoric ester groups is 1. The summed E-state index contributed by atoms with van der Waals surface area (Å²) < 4.78 is 15.2. The third-order valence-electron chi connectivity index (χ3n) is 1.94. The van der Waals surface area contributed by atoms with E-state index in [4.69, 9.17) is 9.79 Å². The number of phosphoric acid groups is 1. The van der Waals surface area contributed by atoms with E-state index in [1.54, 1.807) is 12.1 Å². The van der Waals surface area contributed by atoms with E-state index >= 15 is 0 Å². The van der Waals surface area contributed by atoms with Crippen molar-refractivity contribution >= 4 is 7.82 Å². The minimum Gasteiger partial charge on any atom is -0.404 e. The standard InChI is InChI=1S/C9H13O4P/c1-3-8-7(2)5-4-6-9(8)13-14(10,11)12/h4-6H,3H2,1-2H3,(H2,10,11,12). The van der Waals surface area contributed by atoms with Crippen molar-refractivity contribution in [1.82, 2.24) is 0 Å². The molecule has 4 nitrogen and oxygen atoms in total. The zero-order valence-electron chi connectivity index (χ0n) is 8.10. The molecular weight excluding hydrogens is 203 g/mol. The lowest BCUT2D eigenvalue weighted by atomic mass is 10.1. The molecule has 0 aliphatic heterocycles. The maximum Gasteiger partial charge on any atom is 0.524 e. The molecule has 0 heterocycles. The second kappa shape index (κ2) is 4.13. The molecule has 1 aromatic carbocycles. The maximum atomic E-state index is 10.7. The van der Waals surface area contributed by atoms with Gasteiger partial charge in [-0.2, -0.15) is 0 Å². The second-order valence-corrected chi connectivity index (χ2v) is 4.15. The lowest BCUT2D eigenvalue weighted by molar-refractivity contribution is 0.282. The number of benzene rings is 1. The summed E-state index contributed by atoms with van der Waals surface area (Å²) in [6.45, 7) is 3.79. The molecule has 0 fully saturated rings. The summed E-state index contributed by atoms with van der Waals surface area (Å²) >= 11 is 0. The quantitative estimate of drug-likeness (QED) is 0.758. The zero-order valence-corrected chi connectivity index (χ0v) is 8.99. The van der Waals surface area contributed by atoms with Crippen molar-refractivity contribution < 1.29 is 18.9 Å². The first kappa shape index (κ1) is 11.2. The van der Waals surface area contributed by atoms with Crippen LogP contribution >= 0.6 is 7.82 Å². The fourth-order valence-electron chi connectivity index (χ4n) is 1.34. The van der Waals surface area contributed by atoms with Crippen molar-refractivity contribution in [3.8, 4) is 5.75 Å². The first-order valence-electron chi connectivity index (χ1n) is 4.27. The van der Waals surface area contributed by atoms with Crippen LogP contribution in [0.5, 0.6) is 5.75 Å². The van der Waals surface area contributed by atoms with Gasteiger partial charge in [0.05, 0.1) is 0 Å². The van der Waals surface area contributed by atoms with Gasteiger partial charge in [-0.05, 0) is 30.5 Å². The molecule has 14 heavy (non-hydrogen) atoms. The summed E-state index contributed by atoms with van der Waals surface area (Å²) in [5, 5.41) is 0. The van der Waals surface area contributed by atoms with E-state index in [0.29, 0.717) is 6.42 Å². The van der Waals surface area contributed by atoms with Crippen LogP contribution in [0.3, 0.4) is 0 Å². The van der Waals surface area contributed by atoms with E-state index in [-0.39, 0.29) is 5.75 Å². The molecule has 0 unspecified atom stereocenters. The Balaban J connectivity index is 3.08. The molecule has 1 rings (SSSR count). The summed E-state index contributed by atoms with van der Waals surface area (Å²) in [5.74, 6) is 0.265. The highest BCUT2D eigenvalue weighted by molar-refractivity contribution is 7.46. The minimum absolute atomic E-state index is 0.265. The van der Waals surface area contributed by atoms with Gasteiger partial charge < -0.3 is 4.52 Å². The lowest BCUT2D eigenvalue weighted by Crippen LogP contribution is -1.96. The molecule has 0 aliphatic rings. The highest BCUT2D eigenvalue weighted by Crippen LogP contribution is 2.39. The van der Waals surface area contributed by atoms with Crippen LogP contribution in [0.25, 0.3) is 0 Å². The largest absolute Gasteiger partial charge is 0.524 e. The molecule has 0 saturated heterocycles. The van der Waals surface area contributed by atoms with Gasteiger partial charge >= 0.3 is 7.82 Å². The van der Waals surface area contributed by atoms with Gasteiger partial charge in [-0.1, -0.05) is 19.1 Å². The smallest absolute Gasteiger partial charge is 0.404 e. The van der Waals surface area contributed by atoms with Crippen LogP contribution in [0.2, 0.25) is 0 Å². The van der Waals surface area contributed by atoms with Gasteiger partial charge in [0.1, 0.15) is 5.75 Å². The van der Waals surface area contributed by atoms with Crippen molar-refractivity contribution in [3.63, 3.8) is 0 Å². The Morgan fingerprint density at radius 3 is 2.57 bits per heavy atom. The van der Waals surface area contributed by atoms with E-state index in [2.05, 4.69) is 4.52 Å². The number of rotatable bonds is 3. The first-order chi connectivity index (χ1) is 6.44. The van der Waals surface area contributed by atoms with Crippen LogP contribution in [0.4, 0.5) is 0 Å². The first-order valence-corrected chi connectivity index (χ1v) is 5.80. The maximum absolute atomic E-state index is 10.7. The van der Waals surface area contributed by atoms with Crippen molar-refractivity contribution in [1.29, 1.82) is 0 Å². The fourth-order valence-corrected chi connectivity index (χ4v) is 1.77. The third-order valence-corrected chi connectivity index (χ3v) is 2.37. The van der Waals surface area contributed by atoms with Gasteiger partial charge in [-0.15, -0.1) is 0 Å². The Hall–Kier alpha value is -0.830. The van der Waals surface area contributed by atoms with Crippen molar-refractivity contribution in [2.75, 3.05) is 0 Å². The van der Waals surface area contributed by atoms with Crippen molar-refractivity contribution in [2.24, 2.45) is 0 Å². The van der Waals surface area contributed by atoms with Gasteiger partial charge in [-0.3, -0.25) is 9.79 Å². The predicted octanol–water partition coefficient (Wildman–Crippen LogP) is 2.03. The van der Waals surface area contributed by atoms with Crippen LogP contribution in [0.1, 0.15) is 18.1 Å². The lowest BCUT2D eigenvalue weighted by Gasteiger charge is -2.12. The topological polar surface area (TPSA) is 66.8 Å². The second-order valence-electron chi connectivity index (χ2n) is 2.99. The summed E-state index contributed by atoms with van der Waals surface area (Å²) in [7, 11) is -4.45. The Kier molecular flexibility index (Phi) is 3.32. The van der Waals surface area contributed by atoms with Crippen molar-refractivity contribution in [3.05, 3.63) is 29.3 Å². The van der Waals surface area contributed by atoms with Crippen LogP contribution in [0.15, 0.2) is 18.2 Å². The molecule has 0 aliphatic carbocycles. The summed E-state index contributed by atoms with van der Waals surface area (Å²) in [6.07, 6.45) is 0.683. The van der Waals surface area contributed by atoms with E-state index in [1.807, 2.05) is 19.9 Å². The molecular formula is C9H13O4P. The number of hydrogen-bond acceptors (Lipinski definition) is 2. The Bertz CT molecular complexity index is 369. The minimum atomic E-state index is -4.45. The van der Waals surface area contributed by atoms with Gasteiger partial charge in [-0.25, -0.2) is 4.57 Å². The monoisotopic (exact) mass is 216 g/mol. The molecule has 0 saturated carbocycles. The molecule has 0 aromatic heterocycles. The van der Waals surface area contributed by atoms with Crippen molar-refractivity contribution in [2.45, 2.75) is 20.3 Å². The van der Waals surface area contributed by atoms with Gasteiger partial charge in [0.2, 0.25) is 0 Å². The molecule has 2 N–H and O–H groups in total. The molecule has 0 amide bonds. The van der Waals surface area contributed by atoms with E-state index in [0.717, 1.165) is 11.1 Å². The summed E-state index contributed by atoms with van der Waals surface area (Å²) in [4.78, 5) is 17.3. The summed E-state index contributed by atoms with van der Waals surface area (Å²) in [6, 6.07) is 5.15. The van der Waals surface area contributed by atoms with Crippen LogP contribution in [-0.4, -0.2) is 9.79 Å². The molecule has 0 spiro atoms. The Labute approximate surface area is 82.8 Å². The predicted molar refractivity (Wildman–Crippen MR) is 53.2 cm³/mol. The SMILES string of the molecule is CCc1c(C)cccc1OP(=O)(O)O. The average Bonchev–Trinajstić information content (AvgIpc) is 2.01. The third kappa shape index (κ3) is 2.84. The van der Waals surface area contributed by atoms with Gasteiger partial charge in [0.15, 0.2) is 0 Å².